The van der Waals surface area contributed by atoms with Crippen LogP contribution < -0.4 is 5.32 Å². The second-order valence-electron chi connectivity index (χ2n) is 16.5. The molecule has 4 nitrogen and oxygen atoms in total. The lowest BCUT2D eigenvalue weighted by Gasteiger charge is -2.19. The molecule has 0 aliphatic rings. The van der Waals surface area contributed by atoms with Gasteiger partial charge in [0.1, 0.15) is 0 Å². The smallest absolute Gasteiger partial charge is 0.220 e. The Morgan fingerprint density at radius 2 is 0.763 bits per heavy atom. The van der Waals surface area contributed by atoms with Gasteiger partial charge in [0.05, 0.1) is 18.8 Å². The molecule has 0 saturated heterocycles. The fraction of sp³-hybridized carbons (Fsp3) is 0.691. The highest BCUT2D eigenvalue weighted by atomic mass is 16.3. The van der Waals surface area contributed by atoms with Crippen LogP contribution in [0, 0.1) is 0 Å². The van der Waals surface area contributed by atoms with Gasteiger partial charge in [-0.2, -0.15) is 0 Å². The number of allylic oxidation sites excluding steroid dienone is 15. The number of carbonyl (C=O) groups is 1. The van der Waals surface area contributed by atoms with E-state index >= 15 is 0 Å². The third kappa shape index (κ3) is 46.2. The third-order valence-corrected chi connectivity index (χ3v) is 10.8. The van der Waals surface area contributed by atoms with E-state index in [2.05, 4.69) is 104 Å². The average Bonchev–Trinajstić information content (AvgIpc) is 3.24. The highest BCUT2D eigenvalue weighted by molar-refractivity contribution is 5.76. The summed E-state index contributed by atoms with van der Waals surface area (Å²) in [6.45, 7) is 4.18. The molecule has 0 aromatic rings. The summed E-state index contributed by atoms with van der Waals surface area (Å²) in [6.07, 6.45) is 73.9. The molecule has 0 aliphatic carbocycles. The van der Waals surface area contributed by atoms with Crippen molar-refractivity contribution >= 4 is 5.91 Å². The SMILES string of the molecule is CC/C=C\C/C=C\C/C=C\C/C=C\C/C=C\C/C=C\CCCCCCCCCCCCC(=O)NC(CO)C(O)/C=C/CC/C=C/CCCCCCCCCCCCCC. The lowest BCUT2D eigenvalue weighted by Crippen LogP contribution is -2.45. The van der Waals surface area contributed by atoms with Crippen molar-refractivity contribution in [1.82, 2.24) is 5.32 Å². The van der Waals surface area contributed by atoms with Crippen LogP contribution >= 0.6 is 0 Å². The molecule has 0 fully saturated rings. The molecule has 338 valence electrons. The molecule has 0 aromatic heterocycles. The van der Waals surface area contributed by atoms with Gasteiger partial charge in [0.15, 0.2) is 0 Å². The Labute approximate surface area is 366 Å². The molecule has 3 N–H and O–H groups in total. The summed E-state index contributed by atoms with van der Waals surface area (Å²) < 4.78 is 0. The molecule has 2 atom stereocenters. The molecule has 0 heterocycles. The number of aliphatic hydroxyl groups is 2. The number of nitrogens with one attached hydrogen (secondary N) is 1. The molecule has 0 aromatic carbocycles. The number of carbonyl (C=O) groups excluding carboxylic acids is 1. The van der Waals surface area contributed by atoms with Crippen LogP contribution in [0.1, 0.15) is 226 Å². The van der Waals surface area contributed by atoms with Gasteiger partial charge in [-0.05, 0) is 83.5 Å². The Morgan fingerprint density at radius 3 is 1.19 bits per heavy atom. The largest absolute Gasteiger partial charge is 0.394 e. The van der Waals surface area contributed by atoms with E-state index in [0.717, 1.165) is 70.6 Å². The van der Waals surface area contributed by atoms with Gasteiger partial charge in [-0.1, -0.05) is 233 Å². The number of amides is 1. The molecule has 0 rings (SSSR count). The van der Waals surface area contributed by atoms with E-state index in [0.29, 0.717) is 6.42 Å². The van der Waals surface area contributed by atoms with E-state index < -0.39 is 12.1 Å². The summed E-state index contributed by atoms with van der Waals surface area (Å²) in [5.41, 5.74) is 0. The highest BCUT2D eigenvalue weighted by Gasteiger charge is 2.17. The fourth-order valence-corrected chi connectivity index (χ4v) is 7.02. The van der Waals surface area contributed by atoms with Crippen molar-refractivity contribution in [2.24, 2.45) is 0 Å². The molecule has 0 aliphatic heterocycles. The van der Waals surface area contributed by atoms with E-state index in [9.17, 15) is 15.0 Å². The van der Waals surface area contributed by atoms with Crippen LogP contribution in [0.25, 0.3) is 0 Å². The Morgan fingerprint density at radius 1 is 0.424 bits per heavy atom. The van der Waals surface area contributed by atoms with Gasteiger partial charge in [-0.15, -0.1) is 0 Å². The van der Waals surface area contributed by atoms with E-state index in [-0.39, 0.29) is 12.5 Å². The van der Waals surface area contributed by atoms with Crippen molar-refractivity contribution < 1.29 is 15.0 Å². The van der Waals surface area contributed by atoms with Crippen LogP contribution in [-0.4, -0.2) is 34.9 Å². The molecule has 0 radical (unpaired) electrons. The first-order valence-electron chi connectivity index (χ1n) is 25.0. The fourth-order valence-electron chi connectivity index (χ4n) is 7.02. The van der Waals surface area contributed by atoms with Crippen molar-refractivity contribution in [2.75, 3.05) is 6.61 Å². The molecule has 59 heavy (non-hydrogen) atoms. The normalized spacial score (nSPS) is 13.8. The highest BCUT2D eigenvalue weighted by Crippen LogP contribution is 2.14. The van der Waals surface area contributed by atoms with Crippen molar-refractivity contribution in [3.8, 4) is 0 Å². The Kier molecular flexibility index (Phi) is 47.4. The van der Waals surface area contributed by atoms with E-state index in [4.69, 9.17) is 0 Å². The molecule has 4 heteroatoms. The number of rotatable bonds is 44. The molecule has 0 saturated carbocycles. The first-order valence-corrected chi connectivity index (χ1v) is 25.0. The topological polar surface area (TPSA) is 69.6 Å². The van der Waals surface area contributed by atoms with Gasteiger partial charge in [0.25, 0.3) is 0 Å². The Hall–Kier alpha value is -2.69. The number of hydrogen-bond donors (Lipinski definition) is 3. The zero-order valence-electron chi connectivity index (χ0n) is 38.7. The molecule has 1 amide bonds. The van der Waals surface area contributed by atoms with Crippen LogP contribution in [-0.2, 0) is 4.79 Å². The van der Waals surface area contributed by atoms with Crippen LogP contribution in [0.3, 0.4) is 0 Å². The van der Waals surface area contributed by atoms with E-state index in [1.807, 2.05) is 6.08 Å². The predicted octanol–water partition coefficient (Wildman–Crippen LogP) is 16.2. The molecular weight excluding hydrogens is 723 g/mol. The van der Waals surface area contributed by atoms with Crippen LogP contribution in [0.2, 0.25) is 0 Å². The minimum absolute atomic E-state index is 0.0822. The van der Waals surface area contributed by atoms with Gasteiger partial charge < -0.3 is 15.5 Å². The third-order valence-electron chi connectivity index (χ3n) is 10.8. The zero-order chi connectivity index (χ0) is 42.8. The Balaban J connectivity index is 3.62. The van der Waals surface area contributed by atoms with Crippen LogP contribution in [0.5, 0.6) is 0 Å². The number of unbranched alkanes of at least 4 members (excludes halogenated alkanes) is 23. The van der Waals surface area contributed by atoms with Gasteiger partial charge in [-0.3, -0.25) is 4.79 Å². The maximum Gasteiger partial charge on any atom is 0.220 e. The number of aliphatic hydroxyl groups excluding tert-OH is 2. The maximum atomic E-state index is 12.4. The molecule has 0 bridgehead atoms. The summed E-state index contributed by atoms with van der Waals surface area (Å²) >= 11 is 0. The van der Waals surface area contributed by atoms with Crippen molar-refractivity contribution in [3.63, 3.8) is 0 Å². The Bertz CT molecular complexity index is 1110. The van der Waals surface area contributed by atoms with Crippen molar-refractivity contribution in [1.29, 1.82) is 0 Å². The van der Waals surface area contributed by atoms with Crippen molar-refractivity contribution in [3.05, 3.63) is 97.2 Å². The van der Waals surface area contributed by atoms with Crippen molar-refractivity contribution in [2.45, 2.75) is 238 Å². The lowest BCUT2D eigenvalue weighted by molar-refractivity contribution is -0.123. The average molecular weight is 818 g/mol. The van der Waals surface area contributed by atoms with Crippen LogP contribution in [0.4, 0.5) is 0 Å². The maximum absolute atomic E-state index is 12.4. The van der Waals surface area contributed by atoms with Crippen LogP contribution in [0.15, 0.2) is 97.2 Å². The quantitative estimate of drug-likeness (QED) is 0.0424. The second-order valence-corrected chi connectivity index (χ2v) is 16.5. The first kappa shape index (κ1) is 56.3. The summed E-state index contributed by atoms with van der Waals surface area (Å²) in [5, 5.41) is 23.1. The summed E-state index contributed by atoms with van der Waals surface area (Å²) in [6, 6.07) is -0.647. The minimum Gasteiger partial charge on any atom is -0.394 e. The van der Waals surface area contributed by atoms with E-state index in [1.165, 1.54) is 135 Å². The van der Waals surface area contributed by atoms with Gasteiger partial charge in [0.2, 0.25) is 5.91 Å². The summed E-state index contributed by atoms with van der Waals surface area (Å²) in [4.78, 5) is 12.4. The predicted molar refractivity (Wildman–Crippen MR) is 262 cm³/mol. The monoisotopic (exact) mass is 818 g/mol. The summed E-state index contributed by atoms with van der Waals surface area (Å²) in [5.74, 6) is -0.0822. The molecule has 2 unspecified atom stereocenters. The molecule has 0 spiro atoms. The van der Waals surface area contributed by atoms with Gasteiger partial charge in [-0.25, -0.2) is 0 Å². The molecular formula is C55H95NO3. The van der Waals surface area contributed by atoms with Gasteiger partial charge >= 0.3 is 0 Å². The summed E-state index contributed by atoms with van der Waals surface area (Å²) in [7, 11) is 0. The zero-order valence-corrected chi connectivity index (χ0v) is 38.7. The first-order chi connectivity index (χ1) is 29.2. The minimum atomic E-state index is -0.870. The standard InChI is InChI=1S/C55H95NO3/c1-3-5-7-9-11-13-15-17-19-21-23-24-25-26-27-28-29-30-31-32-33-35-37-39-41-43-45-47-49-51-55(59)56-53(52-57)54(58)50-48-46-44-42-40-38-36-34-22-20-18-16-14-12-10-8-6-4-2/h5,7,11,13,17,19,23-24,26-27,29-30,40,42,48,50,53-54,57-58H,3-4,6,8-10,12,14-16,18,20-22,25,28,31-39,41,43-47,49,51-52H2,1-2H3,(H,56,59)/b7-5-,13-11-,19-17-,24-23-,27-26-,30-29-,42-40+,50-48+. The van der Waals surface area contributed by atoms with E-state index in [1.54, 1.807) is 6.08 Å². The van der Waals surface area contributed by atoms with Gasteiger partial charge in [0, 0.05) is 6.42 Å². The number of hydrogen-bond acceptors (Lipinski definition) is 3. The lowest BCUT2D eigenvalue weighted by atomic mass is 10.0. The second kappa shape index (κ2) is 49.7.